The number of carbonyl (C=O) groups is 1. The maximum absolute atomic E-state index is 11.6. The number of hydrogen-bond donors (Lipinski definition) is 1. The first kappa shape index (κ1) is 15.7. The van der Waals surface area contributed by atoms with Crippen molar-refractivity contribution in [1.29, 1.82) is 0 Å². The molecule has 1 aromatic rings. The third-order valence-corrected chi connectivity index (χ3v) is 3.28. The van der Waals surface area contributed by atoms with Crippen molar-refractivity contribution in [2.75, 3.05) is 19.7 Å². The van der Waals surface area contributed by atoms with Gasteiger partial charge in [-0.1, -0.05) is 44.2 Å². The van der Waals surface area contributed by atoms with Crippen molar-refractivity contribution in [2.45, 2.75) is 33.1 Å². The summed E-state index contributed by atoms with van der Waals surface area (Å²) in [7, 11) is 0. The van der Waals surface area contributed by atoms with Gasteiger partial charge in [-0.3, -0.25) is 4.79 Å². The van der Waals surface area contributed by atoms with Crippen molar-refractivity contribution in [3.63, 3.8) is 0 Å². The highest BCUT2D eigenvalue weighted by Gasteiger charge is 2.14. The number of carbonyl (C=O) groups excluding carboxylic acids is 1. The van der Waals surface area contributed by atoms with E-state index in [2.05, 4.69) is 17.4 Å². The Labute approximate surface area is 116 Å². The molecule has 3 heteroatoms. The van der Waals surface area contributed by atoms with Gasteiger partial charge in [0.05, 0.1) is 5.92 Å². The first-order valence-electron chi connectivity index (χ1n) is 7.19. The summed E-state index contributed by atoms with van der Waals surface area (Å²) in [5.74, 6) is -0.000761. The summed E-state index contributed by atoms with van der Waals surface area (Å²) in [6.45, 7) is 6.14. The highest BCUT2D eigenvalue weighted by Crippen LogP contribution is 2.09. The van der Waals surface area contributed by atoms with E-state index < -0.39 is 0 Å². The van der Waals surface area contributed by atoms with Crippen LogP contribution in [0.2, 0.25) is 0 Å². The third-order valence-electron chi connectivity index (χ3n) is 3.28. The Morgan fingerprint density at radius 1 is 1.16 bits per heavy atom. The van der Waals surface area contributed by atoms with Crippen molar-refractivity contribution in [3.8, 4) is 0 Å². The smallest absolute Gasteiger partial charge is 0.308 e. The predicted octanol–water partition coefficient (Wildman–Crippen LogP) is 2.80. The second-order valence-electron chi connectivity index (χ2n) is 4.67. The maximum Gasteiger partial charge on any atom is 0.308 e. The van der Waals surface area contributed by atoms with E-state index in [1.165, 1.54) is 5.56 Å². The Kier molecular flexibility index (Phi) is 7.91. The molecule has 1 rings (SSSR count). The maximum atomic E-state index is 11.6. The van der Waals surface area contributed by atoms with Crippen LogP contribution >= 0.6 is 0 Å². The summed E-state index contributed by atoms with van der Waals surface area (Å²) in [6.07, 6.45) is 2.72. The fourth-order valence-corrected chi connectivity index (χ4v) is 1.97. The molecule has 0 bridgehead atoms. The van der Waals surface area contributed by atoms with Crippen LogP contribution in [0.1, 0.15) is 32.3 Å². The lowest BCUT2D eigenvalue weighted by molar-refractivity contribution is -0.148. The number of nitrogens with one attached hydrogen (secondary N) is 1. The Bertz CT molecular complexity index is 347. The molecule has 0 spiro atoms. The minimum atomic E-state index is -0.0603. The fourth-order valence-electron chi connectivity index (χ4n) is 1.97. The molecule has 19 heavy (non-hydrogen) atoms. The Morgan fingerprint density at radius 3 is 2.47 bits per heavy atom. The zero-order chi connectivity index (χ0) is 13.9. The van der Waals surface area contributed by atoms with E-state index >= 15 is 0 Å². The third kappa shape index (κ3) is 6.39. The summed E-state index contributed by atoms with van der Waals surface area (Å²) in [4.78, 5) is 11.6. The van der Waals surface area contributed by atoms with E-state index in [1.807, 2.05) is 32.0 Å². The van der Waals surface area contributed by atoms with Crippen LogP contribution in [0.4, 0.5) is 0 Å². The molecule has 0 amide bonds. The molecule has 0 radical (unpaired) electrons. The summed E-state index contributed by atoms with van der Waals surface area (Å²) in [5.41, 5.74) is 1.32. The van der Waals surface area contributed by atoms with Crippen molar-refractivity contribution in [1.82, 2.24) is 5.32 Å². The number of rotatable bonds is 9. The molecule has 0 aliphatic carbocycles. The van der Waals surface area contributed by atoms with Gasteiger partial charge in [0.1, 0.15) is 6.61 Å². The summed E-state index contributed by atoms with van der Waals surface area (Å²) >= 11 is 0. The van der Waals surface area contributed by atoms with Gasteiger partial charge in [-0.2, -0.15) is 0 Å². The average Bonchev–Trinajstić information content (AvgIpc) is 2.45. The van der Waals surface area contributed by atoms with E-state index in [-0.39, 0.29) is 11.9 Å². The van der Waals surface area contributed by atoms with E-state index in [4.69, 9.17) is 4.74 Å². The SMILES string of the molecule is CCC(CC)C(=O)OCCNCCc1ccccc1. The zero-order valence-corrected chi connectivity index (χ0v) is 12.0. The van der Waals surface area contributed by atoms with Gasteiger partial charge in [-0.05, 0) is 31.4 Å². The van der Waals surface area contributed by atoms with Gasteiger partial charge < -0.3 is 10.1 Å². The largest absolute Gasteiger partial charge is 0.464 e. The lowest BCUT2D eigenvalue weighted by Gasteiger charge is -2.12. The van der Waals surface area contributed by atoms with Crippen molar-refractivity contribution >= 4 is 5.97 Å². The van der Waals surface area contributed by atoms with Gasteiger partial charge in [-0.25, -0.2) is 0 Å². The molecule has 1 N–H and O–H groups in total. The molecule has 0 unspecified atom stereocenters. The topological polar surface area (TPSA) is 38.3 Å². The van der Waals surface area contributed by atoms with Crippen LogP contribution in [0.15, 0.2) is 30.3 Å². The van der Waals surface area contributed by atoms with Crippen LogP contribution in [0.25, 0.3) is 0 Å². The molecule has 0 atom stereocenters. The molecular formula is C16H25NO2. The Hall–Kier alpha value is -1.35. The lowest BCUT2D eigenvalue weighted by atomic mass is 10.0. The summed E-state index contributed by atoms with van der Waals surface area (Å²) in [5, 5.41) is 3.29. The normalized spacial score (nSPS) is 10.7. The fraction of sp³-hybridized carbons (Fsp3) is 0.562. The van der Waals surface area contributed by atoms with E-state index in [0.29, 0.717) is 6.61 Å². The molecule has 3 nitrogen and oxygen atoms in total. The molecule has 0 heterocycles. The molecule has 1 aromatic carbocycles. The van der Waals surface area contributed by atoms with Gasteiger partial charge in [-0.15, -0.1) is 0 Å². The molecule has 0 aliphatic heterocycles. The van der Waals surface area contributed by atoms with Crippen LogP contribution in [-0.4, -0.2) is 25.7 Å². The molecule has 0 saturated carbocycles. The van der Waals surface area contributed by atoms with E-state index in [0.717, 1.165) is 32.4 Å². The van der Waals surface area contributed by atoms with E-state index in [1.54, 1.807) is 0 Å². The Morgan fingerprint density at radius 2 is 1.84 bits per heavy atom. The van der Waals surface area contributed by atoms with Gasteiger partial charge in [0.25, 0.3) is 0 Å². The van der Waals surface area contributed by atoms with Crippen molar-refractivity contribution in [3.05, 3.63) is 35.9 Å². The first-order chi connectivity index (χ1) is 9.27. The minimum absolute atomic E-state index is 0.0596. The number of esters is 1. The van der Waals surface area contributed by atoms with Crippen LogP contribution in [0, 0.1) is 5.92 Å². The molecule has 0 aromatic heterocycles. The number of hydrogen-bond acceptors (Lipinski definition) is 3. The van der Waals surface area contributed by atoms with Gasteiger partial charge in [0.2, 0.25) is 0 Å². The second-order valence-corrected chi connectivity index (χ2v) is 4.67. The van der Waals surface area contributed by atoms with Gasteiger partial charge >= 0.3 is 5.97 Å². The standard InChI is InChI=1S/C16H25NO2/c1-3-15(4-2)16(18)19-13-12-17-11-10-14-8-6-5-7-9-14/h5-9,15,17H,3-4,10-13H2,1-2H3. The van der Waals surface area contributed by atoms with E-state index in [9.17, 15) is 4.79 Å². The first-order valence-corrected chi connectivity index (χ1v) is 7.19. The number of ether oxygens (including phenoxy) is 1. The minimum Gasteiger partial charge on any atom is -0.464 e. The van der Waals surface area contributed by atoms with Crippen LogP contribution in [0.5, 0.6) is 0 Å². The summed E-state index contributed by atoms with van der Waals surface area (Å²) in [6, 6.07) is 10.4. The second kappa shape index (κ2) is 9.56. The monoisotopic (exact) mass is 263 g/mol. The zero-order valence-electron chi connectivity index (χ0n) is 12.0. The Balaban J connectivity index is 2.04. The van der Waals surface area contributed by atoms with Crippen LogP contribution in [-0.2, 0) is 16.0 Å². The quantitative estimate of drug-likeness (QED) is 0.550. The number of benzene rings is 1. The van der Waals surface area contributed by atoms with Crippen LogP contribution < -0.4 is 5.32 Å². The van der Waals surface area contributed by atoms with Crippen molar-refractivity contribution in [2.24, 2.45) is 5.92 Å². The van der Waals surface area contributed by atoms with Gasteiger partial charge in [0, 0.05) is 6.54 Å². The van der Waals surface area contributed by atoms with Crippen molar-refractivity contribution < 1.29 is 9.53 Å². The highest BCUT2D eigenvalue weighted by molar-refractivity contribution is 5.72. The molecule has 0 fully saturated rings. The molecular weight excluding hydrogens is 238 g/mol. The molecule has 0 aliphatic rings. The lowest BCUT2D eigenvalue weighted by Crippen LogP contribution is -2.25. The molecule has 0 saturated heterocycles. The average molecular weight is 263 g/mol. The predicted molar refractivity (Wildman–Crippen MR) is 78.0 cm³/mol. The highest BCUT2D eigenvalue weighted by atomic mass is 16.5. The summed E-state index contributed by atoms with van der Waals surface area (Å²) < 4.78 is 5.24. The van der Waals surface area contributed by atoms with Gasteiger partial charge in [0.15, 0.2) is 0 Å². The van der Waals surface area contributed by atoms with Crippen LogP contribution in [0.3, 0.4) is 0 Å². The molecule has 106 valence electrons.